The predicted octanol–water partition coefficient (Wildman–Crippen LogP) is 3.51. The quantitative estimate of drug-likeness (QED) is 0.547. The van der Waals surface area contributed by atoms with Crippen LogP contribution in [0, 0.1) is 5.92 Å². The predicted molar refractivity (Wildman–Crippen MR) is 121 cm³/mol. The molecule has 1 aromatic carbocycles. The Morgan fingerprint density at radius 3 is 2.63 bits per heavy atom. The van der Waals surface area contributed by atoms with Crippen molar-refractivity contribution in [3.8, 4) is 11.5 Å². The van der Waals surface area contributed by atoms with Crippen LogP contribution in [0.3, 0.4) is 0 Å². The van der Waals surface area contributed by atoms with Gasteiger partial charge in [0.2, 0.25) is 0 Å². The molecule has 0 bridgehead atoms. The first-order valence-corrected chi connectivity index (χ1v) is 11.8. The van der Waals surface area contributed by atoms with E-state index in [1.165, 1.54) is 51.7 Å². The molecular weight excluding hydrogens is 376 g/mol. The maximum Gasteiger partial charge on any atom is 0.193 e. The molecule has 4 rings (SSSR count). The normalized spacial score (nSPS) is 23.3. The highest BCUT2D eigenvalue weighted by atomic mass is 16.5. The van der Waals surface area contributed by atoms with E-state index in [1.54, 1.807) is 7.11 Å². The molecular formula is C24H38N4O2. The lowest BCUT2D eigenvalue weighted by Crippen LogP contribution is -2.40. The highest BCUT2D eigenvalue weighted by Gasteiger charge is 2.27. The van der Waals surface area contributed by atoms with Crippen LogP contribution in [-0.4, -0.2) is 68.7 Å². The molecule has 1 saturated carbocycles. The lowest BCUT2D eigenvalue weighted by Gasteiger charge is -2.24. The molecule has 2 saturated heterocycles. The molecule has 0 radical (unpaired) electrons. The van der Waals surface area contributed by atoms with Crippen LogP contribution in [0.1, 0.15) is 50.5 Å². The molecule has 6 heteroatoms. The minimum absolute atomic E-state index is 0.310. The first-order valence-electron chi connectivity index (χ1n) is 11.8. The molecule has 1 aromatic rings. The van der Waals surface area contributed by atoms with Crippen LogP contribution < -0.4 is 14.8 Å². The molecule has 1 atom stereocenters. The molecule has 30 heavy (non-hydrogen) atoms. The van der Waals surface area contributed by atoms with Gasteiger partial charge in [0.25, 0.3) is 0 Å². The number of para-hydroxylation sites is 1. The molecule has 1 N–H and O–H groups in total. The third-order valence-corrected chi connectivity index (χ3v) is 6.82. The van der Waals surface area contributed by atoms with Gasteiger partial charge in [-0.25, -0.2) is 0 Å². The Bertz CT molecular complexity index is 711. The SMILES string of the molecule is CN=C(NCc1cccc(OC)c1OC1CCCC1)N1CCC(CN2CCCC2)C1. The summed E-state index contributed by atoms with van der Waals surface area (Å²) in [6, 6.07) is 6.17. The summed E-state index contributed by atoms with van der Waals surface area (Å²) < 4.78 is 12.0. The summed E-state index contributed by atoms with van der Waals surface area (Å²) in [5.74, 6) is 3.46. The topological polar surface area (TPSA) is 49.3 Å². The fourth-order valence-corrected chi connectivity index (χ4v) is 5.18. The zero-order valence-corrected chi connectivity index (χ0v) is 18.7. The van der Waals surface area contributed by atoms with Crippen LogP contribution in [0.5, 0.6) is 11.5 Å². The Morgan fingerprint density at radius 2 is 1.90 bits per heavy atom. The standard InChI is InChI=1S/C24H38N4O2/c1-25-24(28-15-12-19(18-28)17-27-13-5-6-14-27)26-16-20-8-7-11-22(29-2)23(20)30-21-9-3-4-10-21/h7-8,11,19,21H,3-6,9-10,12-18H2,1-2H3,(H,25,26). The van der Waals surface area contributed by atoms with Crippen LogP contribution >= 0.6 is 0 Å². The van der Waals surface area contributed by atoms with Gasteiger partial charge < -0.3 is 24.6 Å². The molecule has 0 spiro atoms. The number of ether oxygens (including phenoxy) is 2. The minimum atomic E-state index is 0.310. The van der Waals surface area contributed by atoms with Gasteiger partial charge in [-0.05, 0) is 70.0 Å². The van der Waals surface area contributed by atoms with Crippen molar-refractivity contribution in [3.63, 3.8) is 0 Å². The average Bonchev–Trinajstić information content (AvgIpc) is 3.53. The molecule has 0 aromatic heterocycles. The maximum absolute atomic E-state index is 6.39. The fourth-order valence-electron chi connectivity index (χ4n) is 5.18. The summed E-state index contributed by atoms with van der Waals surface area (Å²) in [4.78, 5) is 9.62. The van der Waals surface area contributed by atoms with Gasteiger partial charge in [-0.1, -0.05) is 12.1 Å². The highest BCUT2D eigenvalue weighted by molar-refractivity contribution is 5.80. The first kappa shape index (κ1) is 21.3. The van der Waals surface area contributed by atoms with Crippen molar-refractivity contribution >= 4 is 5.96 Å². The number of likely N-dealkylation sites (tertiary alicyclic amines) is 2. The van der Waals surface area contributed by atoms with E-state index in [-0.39, 0.29) is 0 Å². The van der Waals surface area contributed by atoms with Gasteiger partial charge in [0.1, 0.15) is 0 Å². The molecule has 2 aliphatic heterocycles. The zero-order chi connectivity index (χ0) is 20.8. The second-order valence-corrected chi connectivity index (χ2v) is 8.98. The molecule has 1 aliphatic carbocycles. The van der Waals surface area contributed by atoms with E-state index < -0.39 is 0 Å². The van der Waals surface area contributed by atoms with Crippen LogP contribution in [0.25, 0.3) is 0 Å². The Morgan fingerprint density at radius 1 is 1.10 bits per heavy atom. The number of guanidine groups is 1. The Hall–Kier alpha value is -1.95. The maximum atomic E-state index is 6.39. The lowest BCUT2D eigenvalue weighted by atomic mass is 10.1. The zero-order valence-electron chi connectivity index (χ0n) is 18.7. The lowest BCUT2D eigenvalue weighted by molar-refractivity contribution is 0.198. The third-order valence-electron chi connectivity index (χ3n) is 6.82. The fraction of sp³-hybridized carbons (Fsp3) is 0.708. The van der Waals surface area contributed by atoms with Crippen LogP contribution in [0.4, 0.5) is 0 Å². The molecule has 0 amide bonds. The largest absolute Gasteiger partial charge is 0.493 e. The molecule has 1 unspecified atom stereocenters. The second kappa shape index (κ2) is 10.4. The van der Waals surface area contributed by atoms with Gasteiger partial charge in [-0.3, -0.25) is 4.99 Å². The summed E-state index contributed by atoms with van der Waals surface area (Å²) in [5, 5.41) is 3.59. The summed E-state index contributed by atoms with van der Waals surface area (Å²) in [5.41, 5.74) is 1.13. The molecule has 166 valence electrons. The molecule has 3 aliphatic rings. The average molecular weight is 415 g/mol. The van der Waals surface area contributed by atoms with Crippen LogP contribution in [0.15, 0.2) is 23.2 Å². The number of nitrogens with zero attached hydrogens (tertiary/aromatic N) is 3. The molecule has 3 fully saturated rings. The summed E-state index contributed by atoms with van der Waals surface area (Å²) >= 11 is 0. The summed E-state index contributed by atoms with van der Waals surface area (Å²) in [6.45, 7) is 6.68. The molecule has 6 nitrogen and oxygen atoms in total. The number of benzene rings is 1. The van der Waals surface area contributed by atoms with E-state index >= 15 is 0 Å². The molecule has 2 heterocycles. The number of hydrogen-bond acceptors (Lipinski definition) is 4. The van der Waals surface area contributed by atoms with Crippen LogP contribution in [-0.2, 0) is 6.54 Å². The Balaban J connectivity index is 1.35. The monoisotopic (exact) mass is 414 g/mol. The van der Waals surface area contributed by atoms with Gasteiger partial charge in [0.15, 0.2) is 17.5 Å². The van der Waals surface area contributed by atoms with E-state index in [0.29, 0.717) is 12.6 Å². The minimum Gasteiger partial charge on any atom is -0.493 e. The number of rotatable bonds is 7. The smallest absolute Gasteiger partial charge is 0.193 e. The number of nitrogens with one attached hydrogen (secondary N) is 1. The van der Waals surface area contributed by atoms with Gasteiger partial charge in [0.05, 0.1) is 13.2 Å². The van der Waals surface area contributed by atoms with Gasteiger partial charge >= 0.3 is 0 Å². The number of aliphatic imine (C=N–C) groups is 1. The Labute approximate surface area is 181 Å². The van der Waals surface area contributed by atoms with Crippen molar-refractivity contribution in [2.45, 2.75) is 57.6 Å². The van der Waals surface area contributed by atoms with Crippen molar-refractivity contribution in [2.75, 3.05) is 46.9 Å². The van der Waals surface area contributed by atoms with Gasteiger partial charge in [0, 0.05) is 38.8 Å². The second-order valence-electron chi connectivity index (χ2n) is 8.98. The number of hydrogen-bond donors (Lipinski definition) is 1. The van der Waals surface area contributed by atoms with Crippen molar-refractivity contribution in [1.29, 1.82) is 0 Å². The number of methoxy groups -OCH3 is 1. The van der Waals surface area contributed by atoms with Gasteiger partial charge in [-0.15, -0.1) is 0 Å². The van der Waals surface area contributed by atoms with Crippen LogP contribution in [0.2, 0.25) is 0 Å². The van der Waals surface area contributed by atoms with Crippen molar-refractivity contribution in [1.82, 2.24) is 15.1 Å². The van der Waals surface area contributed by atoms with Crippen molar-refractivity contribution in [2.24, 2.45) is 10.9 Å². The van der Waals surface area contributed by atoms with E-state index in [1.807, 2.05) is 19.2 Å². The van der Waals surface area contributed by atoms with E-state index in [4.69, 9.17) is 9.47 Å². The van der Waals surface area contributed by atoms with Crippen molar-refractivity contribution in [3.05, 3.63) is 23.8 Å². The highest BCUT2D eigenvalue weighted by Crippen LogP contribution is 2.35. The van der Waals surface area contributed by atoms with E-state index in [2.05, 4.69) is 26.2 Å². The van der Waals surface area contributed by atoms with E-state index in [9.17, 15) is 0 Å². The summed E-state index contributed by atoms with van der Waals surface area (Å²) in [7, 11) is 3.61. The Kier molecular flexibility index (Phi) is 7.37. The van der Waals surface area contributed by atoms with E-state index in [0.717, 1.165) is 54.9 Å². The van der Waals surface area contributed by atoms with Crippen molar-refractivity contribution < 1.29 is 9.47 Å². The third kappa shape index (κ3) is 5.20. The summed E-state index contributed by atoms with van der Waals surface area (Å²) in [6.07, 6.45) is 9.09. The van der Waals surface area contributed by atoms with Gasteiger partial charge in [-0.2, -0.15) is 0 Å². The first-order chi connectivity index (χ1) is 14.8.